The molecule has 0 bridgehead atoms. The van der Waals surface area contributed by atoms with Crippen LogP contribution >= 0.6 is 43.5 Å². The Bertz CT molecular complexity index is 495. The second-order valence-corrected chi connectivity index (χ2v) is 6.89. The number of halogens is 3. The molecule has 0 atom stereocenters. The van der Waals surface area contributed by atoms with Crippen molar-refractivity contribution in [1.29, 1.82) is 0 Å². The van der Waals surface area contributed by atoms with Gasteiger partial charge in [0.05, 0.1) is 3.74 Å². The maximum Gasteiger partial charge on any atom is 0.0952 e. The van der Waals surface area contributed by atoms with Gasteiger partial charge in [-0.3, -0.25) is 0 Å². The minimum Gasteiger partial charge on any atom is -0.0843 e. The highest BCUT2D eigenvalue weighted by atomic mass is 79.9. The second kappa shape index (κ2) is 5.35. The number of hydrogen-bond donors (Lipinski definition) is 0. The van der Waals surface area contributed by atoms with Crippen LogP contribution in [0.3, 0.4) is 0 Å². The first-order chi connectivity index (χ1) is 7.68. The molecule has 82 valence electrons. The third-order valence-corrected chi connectivity index (χ3v) is 3.55. The van der Waals surface area contributed by atoms with Crippen LogP contribution < -0.4 is 0 Å². The molecule has 2 aromatic carbocycles. The van der Waals surface area contributed by atoms with Gasteiger partial charge in [-0.2, -0.15) is 0 Å². The molecule has 0 aliphatic rings. The third kappa shape index (κ3) is 2.68. The molecule has 2 rings (SSSR count). The van der Waals surface area contributed by atoms with Crippen molar-refractivity contribution >= 4 is 43.5 Å². The molecule has 0 aliphatic heterocycles. The zero-order chi connectivity index (χ0) is 11.5. The zero-order valence-electron chi connectivity index (χ0n) is 8.33. The van der Waals surface area contributed by atoms with Crippen molar-refractivity contribution in [1.82, 2.24) is 0 Å². The van der Waals surface area contributed by atoms with E-state index in [0.29, 0.717) is 0 Å². The molecule has 0 saturated carbocycles. The fraction of sp³-hybridized carbons (Fsp3) is 0.0769. The lowest BCUT2D eigenvalue weighted by atomic mass is 10.0. The molecule has 2 aromatic rings. The zero-order valence-corrected chi connectivity index (χ0v) is 12.3. The largest absolute Gasteiger partial charge is 0.0952 e. The lowest BCUT2D eigenvalue weighted by Gasteiger charge is -2.10. The summed E-state index contributed by atoms with van der Waals surface area (Å²) in [5.74, 6) is 0. The van der Waals surface area contributed by atoms with Crippen LogP contribution in [0.25, 0.3) is 11.1 Å². The molecule has 0 nitrogen and oxygen atoms in total. The summed E-state index contributed by atoms with van der Waals surface area (Å²) in [5, 5.41) is 0.757. The van der Waals surface area contributed by atoms with Crippen molar-refractivity contribution in [3.8, 4) is 11.1 Å². The topological polar surface area (TPSA) is 0 Å². The molecule has 0 amide bonds. The molecule has 0 fully saturated rings. The van der Waals surface area contributed by atoms with Gasteiger partial charge in [0.25, 0.3) is 0 Å². The summed E-state index contributed by atoms with van der Waals surface area (Å²) in [6, 6.07) is 16.1. The summed E-state index contributed by atoms with van der Waals surface area (Å²) in [6.07, 6.45) is 0. The first kappa shape index (κ1) is 12.2. The maximum atomic E-state index is 6.00. The Morgan fingerprint density at radius 1 is 0.938 bits per heavy atom. The van der Waals surface area contributed by atoms with E-state index in [9.17, 15) is 0 Å². The van der Waals surface area contributed by atoms with Gasteiger partial charge in [0.1, 0.15) is 0 Å². The van der Waals surface area contributed by atoms with Crippen LogP contribution in [0, 0.1) is 0 Å². The van der Waals surface area contributed by atoms with E-state index >= 15 is 0 Å². The Kier molecular flexibility index (Phi) is 4.06. The first-order valence-electron chi connectivity index (χ1n) is 4.81. The van der Waals surface area contributed by atoms with Crippen LogP contribution in [-0.4, -0.2) is 0 Å². The molecule has 16 heavy (non-hydrogen) atoms. The highest BCUT2D eigenvalue weighted by Crippen LogP contribution is 2.36. The smallest absolute Gasteiger partial charge is 0.0843 e. The van der Waals surface area contributed by atoms with Crippen LogP contribution in [0.15, 0.2) is 48.5 Å². The van der Waals surface area contributed by atoms with E-state index < -0.39 is 0 Å². The number of alkyl halides is 2. The fourth-order valence-electron chi connectivity index (χ4n) is 1.61. The van der Waals surface area contributed by atoms with Crippen LogP contribution in [0.2, 0.25) is 5.02 Å². The summed E-state index contributed by atoms with van der Waals surface area (Å²) >= 11 is 13.1. The molecule has 0 aliphatic carbocycles. The van der Waals surface area contributed by atoms with Crippen LogP contribution in [0.5, 0.6) is 0 Å². The summed E-state index contributed by atoms with van der Waals surface area (Å²) in [7, 11) is 0. The van der Waals surface area contributed by atoms with Gasteiger partial charge in [-0.05, 0) is 28.8 Å². The first-order valence-corrected chi connectivity index (χ1v) is 7.02. The second-order valence-electron chi connectivity index (χ2n) is 3.40. The summed E-state index contributed by atoms with van der Waals surface area (Å²) in [4.78, 5) is 0. The predicted octanol–water partition coefficient (Wildman–Crippen LogP) is 5.80. The van der Waals surface area contributed by atoms with Gasteiger partial charge < -0.3 is 0 Å². The number of rotatable bonds is 2. The monoisotopic (exact) mass is 358 g/mol. The summed E-state index contributed by atoms with van der Waals surface area (Å²) in [6.45, 7) is 0. The number of hydrogen-bond acceptors (Lipinski definition) is 0. The average Bonchev–Trinajstić information content (AvgIpc) is 2.29. The minimum absolute atomic E-state index is 0.148. The molecule has 0 N–H and O–H groups in total. The third-order valence-electron chi connectivity index (χ3n) is 2.33. The van der Waals surface area contributed by atoms with Crippen molar-refractivity contribution < 1.29 is 0 Å². The molecule has 0 unspecified atom stereocenters. The van der Waals surface area contributed by atoms with Gasteiger partial charge in [0.2, 0.25) is 0 Å². The Balaban J connectivity index is 2.55. The molecule has 0 radical (unpaired) electrons. The van der Waals surface area contributed by atoms with Crippen molar-refractivity contribution in [2.24, 2.45) is 0 Å². The Morgan fingerprint density at radius 3 is 2.38 bits per heavy atom. The van der Waals surface area contributed by atoms with Crippen LogP contribution in [0.4, 0.5) is 0 Å². The molecule has 0 heterocycles. The SMILES string of the molecule is Clc1cccc(-c2ccccc2C(Br)Br)c1. The van der Waals surface area contributed by atoms with Gasteiger partial charge in [0, 0.05) is 5.02 Å². The Hall–Kier alpha value is -0.310. The van der Waals surface area contributed by atoms with Gasteiger partial charge in [-0.15, -0.1) is 0 Å². The molecular weight excluding hydrogens is 351 g/mol. The average molecular weight is 360 g/mol. The lowest BCUT2D eigenvalue weighted by molar-refractivity contribution is 1.42. The van der Waals surface area contributed by atoms with E-state index in [4.69, 9.17) is 11.6 Å². The standard InChI is InChI=1S/C13H9Br2Cl/c14-13(15)12-7-2-1-6-11(12)9-4-3-5-10(16)8-9/h1-8,13H. The van der Waals surface area contributed by atoms with E-state index in [-0.39, 0.29) is 3.74 Å². The lowest BCUT2D eigenvalue weighted by Crippen LogP contribution is -1.87. The summed E-state index contributed by atoms with van der Waals surface area (Å²) in [5.41, 5.74) is 3.51. The number of benzene rings is 2. The van der Waals surface area contributed by atoms with Crippen molar-refractivity contribution in [3.05, 3.63) is 59.1 Å². The van der Waals surface area contributed by atoms with Gasteiger partial charge in [-0.1, -0.05) is 79.9 Å². The van der Waals surface area contributed by atoms with E-state index in [0.717, 1.165) is 10.6 Å². The molecule has 0 aromatic heterocycles. The van der Waals surface area contributed by atoms with E-state index in [1.807, 2.05) is 30.3 Å². The molecule has 0 saturated heterocycles. The van der Waals surface area contributed by atoms with Gasteiger partial charge in [-0.25, -0.2) is 0 Å². The normalized spacial score (nSPS) is 10.8. The minimum atomic E-state index is 0.148. The molecular formula is C13H9Br2Cl. The highest BCUT2D eigenvalue weighted by Gasteiger charge is 2.09. The Morgan fingerprint density at radius 2 is 1.69 bits per heavy atom. The van der Waals surface area contributed by atoms with Crippen LogP contribution in [-0.2, 0) is 0 Å². The maximum absolute atomic E-state index is 6.00. The Labute approximate surface area is 117 Å². The fourth-order valence-corrected chi connectivity index (χ4v) is 2.59. The van der Waals surface area contributed by atoms with Gasteiger partial charge in [0.15, 0.2) is 0 Å². The highest BCUT2D eigenvalue weighted by molar-refractivity contribution is 9.24. The van der Waals surface area contributed by atoms with E-state index in [1.54, 1.807) is 0 Å². The molecule has 0 spiro atoms. The van der Waals surface area contributed by atoms with Crippen LogP contribution in [0.1, 0.15) is 9.30 Å². The quantitative estimate of drug-likeness (QED) is 0.594. The van der Waals surface area contributed by atoms with E-state index in [2.05, 4.69) is 50.1 Å². The predicted molar refractivity (Wildman–Crippen MR) is 77.5 cm³/mol. The van der Waals surface area contributed by atoms with Crippen molar-refractivity contribution in [2.45, 2.75) is 3.74 Å². The van der Waals surface area contributed by atoms with Crippen molar-refractivity contribution in [2.75, 3.05) is 0 Å². The van der Waals surface area contributed by atoms with Crippen molar-refractivity contribution in [3.63, 3.8) is 0 Å². The van der Waals surface area contributed by atoms with Gasteiger partial charge >= 0.3 is 0 Å². The molecule has 3 heteroatoms. The summed E-state index contributed by atoms with van der Waals surface area (Å²) < 4.78 is 0.148. The van der Waals surface area contributed by atoms with E-state index in [1.165, 1.54) is 11.1 Å².